The van der Waals surface area contributed by atoms with Gasteiger partial charge in [0.05, 0.1) is 17.9 Å². The van der Waals surface area contributed by atoms with Gasteiger partial charge in [-0.15, -0.1) is 0 Å². The summed E-state index contributed by atoms with van der Waals surface area (Å²) in [5.41, 5.74) is 1.38. The van der Waals surface area contributed by atoms with Crippen molar-refractivity contribution >= 4 is 46.1 Å². The molecule has 0 aromatic heterocycles. The van der Waals surface area contributed by atoms with E-state index in [1.807, 2.05) is 0 Å². The number of benzene rings is 2. The summed E-state index contributed by atoms with van der Waals surface area (Å²) in [7, 11) is 1.59. The van der Waals surface area contributed by atoms with Gasteiger partial charge in [-0.3, -0.25) is 14.5 Å². The van der Waals surface area contributed by atoms with Gasteiger partial charge >= 0.3 is 5.97 Å². The number of carbonyl (C=O) groups is 3. The minimum absolute atomic E-state index is 0.0228. The zero-order valence-electron chi connectivity index (χ0n) is 16.4. The van der Waals surface area contributed by atoms with Gasteiger partial charge in [0.2, 0.25) is 11.8 Å². The van der Waals surface area contributed by atoms with Crippen molar-refractivity contribution in [2.75, 3.05) is 19.0 Å². The smallest absolute Gasteiger partial charge is 0.338 e. The molecule has 2 aromatic rings. The summed E-state index contributed by atoms with van der Waals surface area (Å²) in [5, 5.41) is 2.39. The maximum absolute atomic E-state index is 13.0. The number of hydrogen-bond acceptors (Lipinski definition) is 6. The van der Waals surface area contributed by atoms with Crippen LogP contribution >= 0.6 is 11.8 Å². The third-order valence-corrected chi connectivity index (χ3v) is 5.52. The molecule has 0 unspecified atom stereocenters. The molecule has 0 radical (unpaired) electrons. The quantitative estimate of drug-likeness (QED) is 0.734. The highest BCUT2D eigenvalue weighted by Crippen LogP contribution is 2.29. The lowest BCUT2D eigenvalue weighted by Crippen LogP contribution is -2.43. The molecule has 0 aliphatic carbocycles. The van der Waals surface area contributed by atoms with E-state index in [9.17, 15) is 18.8 Å². The van der Waals surface area contributed by atoms with Crippen LogP contribution in [0.25, 0.3) is 0 Å². The van der Waals surface area contributed by atoms with Crippen molar-refractivity contribution in [1.29, 1.82) is 0 Å². The van der Waals surface area contributed by atoms with Crippen LogP contribution in [-0.4, -0.2) is 46.8 Å². The third kappa shape index (κ3) is 5.24. The Balaban J connectivity index is 1.73. The Kier molecular flexibility index (Phi) is 6.83. The summed E-state index contributed by atoms with van der Waals surface area (Å²) < 4.78 is 18.0. The molecule has 1 aliphatic rings. The third-order valence-electron chi connectivity index (χ3n) is 4.28. The summed E-state index contributed by atoms with van der Waals surface area (Å²) >= 11 is 1.16. The molecule has 1 saturated heterocycles. The van der Waals surface area contributed by atoms with Crippen LogP contribution in [0.5, 0.6) is 0 Å². The predicted octanol–water partition coefficient (Wildman–Crippen LogP) is 3.59. The number of nitrogens with zero attached hydrogens (tertiary/aromatic N) is 2. The molecule has 3 rings (SSSR count). The van der Waals surface area contributed by atoms with Crippen molar-refractivity contribution in [3.05, 3.63) is 59.9 Å². The first-order chi connectivity index (χ1) is 14.4. The van der Waals surface area contributed by atoms with Gasteiger partial charge in [-0.1, -0.05) is 11.8 Å². The van der Waals surface area contributed by atoms with Crippen LogP contribution < -0.4 is 5.32 Å². The number of hydrogen-bond donors (Lipinski definition) is 1. The number of amides is 2. The molecule has 1 N–H and O–H groups in total. The minimum atomic E-state index is -0.670. The summed E-state index contributed by atoms with van der Waals surface area (Å²) in [6, 6.07) is 11.9. The lowest BCUT2D eigenvalue weighted by Gasteiger charge is -2.28. The van der Waals surface area contributed by atoms with E-state index in [-0.39, 0.29) is 24.8 Å². The Labute approximate surface area is 177 Å². The maximum Gasteiger partial charge on any atom is 0.338 e. The fourth-order valence-corrected chi connectivity index (χ4v) is 3.72. The van der Waals surface area contributed by atoms with Crippen LogP contribution in [0.15, 0.2) is 53.5 Å². The molecule has 30 heavy (non-hydrogen) atoms. The lowest BCUT2D eigenvalue weighted by molar-refractivity contribution is -0.128. The van der Waals surface area contributed by atoms with Crippen LogP contribution in [0.2, 0.25) is 0 Å². The van der Waals surface area contributed by atoms with Gasteiger partial charge in [0.15, 0.2) is 5.17 Å². The highest BCUT2D eigenvalue weighted by molar-refractivity contribution is 8.15. The van der Waals surface area contributed by atoms with Gasteiger partial charge in [0.25, 0.3) is 0 Å². The summed E-state index contributed by atoms with van der Waals surface area (Å²) in [5.74, 6) is -1.43. The van der Waals surface area contributed by atoms with Crippen LogP contribution in [0.4, 0.5) is 15.8 Å². The van der Waals surface area contributed by atoms with Crippen molar-refractivity contribution in [1.82, 2.24) is 4.90 Å². The molecule has 2 amide bonds. The number of aliphatic imine (C=N–C) groups is 1. The second kappa shape index (κ2) is 9.53. The van der Waals surface area contributed by atoms with E-state index in [4.69, 9.17) is 4.74 Å². The second-order valence-corrected chi connectivity index (χ2v) is 7.59. The highest BCUT2D eigenvalue weighted by Gasteiger charge is 2.34. The largest absolute Gasteiger partial charge is 0.462 e. The van der Waals surface area contributed by atoms with Crippen molar-refractivity contribution < 1.29 is 23.5 Å². The van der Waals surface area contributed by atoms with Gasteiger partial charge in [0, 0.05) is 19.2 Å². The fraction of sp³-hybridized carbons (Fsp3) is 0.238. The van der Waals surface area contributed by atoms with E-state index in [2.05, 4.69) is 10.3 Å². The first kappa shape index (κ1) is 21.5. The number of carbonyl (C=O) groups excluding carboxylic acids is 3. The van der Waals surface area contributed by atoms with Crippen molar-refractivity contribution in [3.63, 3.8) is 0 Å². The van der Waals surface area contributed by atoms with Crippen LogP contribution in [0.1, 0.15) is 23.7 Å². The van der Waals surface area contributed by atoms with Crippen LogP contribution in [-0.2, 0) is 14.3 Å². The molecule has 0 bridgehead atoms. The van der Waals surface area contributed by atoms with Gasteiger partial charge in [-0.25, -0.2) is 14.2 Å². The molecule has 9 heteroatoms. The predicted molar refractivity (Wildman–Crippen MR) is 113 cm³/mol. The van der Waals surface area contributed by atoms with Gasteiger partial charge in [-0.2, -0.15) is 0 Å². The molecule has 156 valence electrons. The van der Waals surface area contributed by atoms with E-state index in [0.717, 1.165) is 11.8 Å². The number of anilines is 1. The maximum atomic E-state index is 13.0. The number of halogens is 1. The summed E-state index contributed by atoms with van der Waals surface area (Å²) in [6.45, 7) is 2.02. The highest BCUT2D eigenvalue weighted by atomic mass is 32.2. The molecule has 1 fully saturated rings. The molecule has 1 atom stereocenters. The van der Waals surface area contributed by atoms with Crippen molar-refractivity contribution in [2.45, 2.75) is 18.6 Å². The van der Waals surface area contributed by atoms with E-state index in [0.29, 0.717) is 22.1 Å². The molecule has 7 nitrogen and oxygen atoms in total. The Morgan fingerprint density at radius 3 is 2.50 bits per heavy atom. The minimum Gasteiger partial charge on any atom is -0.462 e. The topological polar surface area (TPSA) is 88.1 Å². The second-order valence-electron chi connectivity index (χ2n) is 6.42. The van der Waals surface area contributed by atoms with E-state index >= 15 is 0 Å². The number of thioether (sulfide) groups is 1. The molecule has 0 saturated carbocycles. The lowest BCUT2D eigenvalue weighted by atomic mass is 10.2. The first-order valence-corrected chi connectivity index (χ1v) is 10.1. The van der Waals surface area contributed by atoms with Crippen LogP contribution in [0, 0.1) is 5.82 Å². The number of esters is 1. The summed E-state index contributed by atoms with van der Waals surface area (Å²) in [4.78, 5) is 42.5. The first-order valence-electron chi connectivity index (χ1n) is 9.23. The molecule has 2 aromatic carbocycles. The molecule has 1 heterocycles. The van der Waals surface area contributed by atoms with E-state index < -0.39 is 17.0 Å². The number of amidine groups is 1. The number of ether oxygens (including phenoxy) is 1. The van der Waals surface area contributed by atoms with Crippen molar-refractivity contribution in [2.24, 2.45) is 4.99 Å². The monoisotopic (exact) mass is 429 g/mol. The Hall–Kier alpha value is -3.20. The van der Waals surface area contributed by atoms with Gasteiger partial charge < -0.3 is 10.1 Å². The number of rotatable bonds is 5. The van der Waals surface area contributed by atoms with Crippen molar-refractivity contribution in [3.8, 4) is 0 Å². The van der Waals surface area contributed by atoms with Crippen LogP contribution in [0.3, 0.4) is 0 Å². The van der Waals surface area contributed by atoms with E-state index in [1.54, 1.807) is 38.2 Å². The SMILES string of the molecule is CCOC(=O)c1ccc(N=C2S[C@H](C(=O)Nc3ccc(F)cc3)CC(=O)N2C)cc1. The standard InChI is InChI=1S/C21H20FN3O4S/c1-3-29-20(28)13-4-8-16(9-5-13)24-21-25(2)18(26)12-17(30-21)19(27)23-15-10-6-14(22)7-11-15/h4-11,17H,3,12H2,1-2H3,(H,23,27)/t17-/m0/s1. The molecule has 0 spiro atoms. The van der Waals surface area contributed by atoms with E-state index in [1.165, 1.54) is 29.2 Å². The van der Waals surface area contributed by atoms with Gasteiger partial charge in [0.1, 0.15) is 11.1 Å². The zero-order chi connectivity index (χ0) is 21.7. The molecular formula is C21H20FN3O4S. The summed E-state index contributed by atoms with van der Waals surface area (Å²) in [6.07, 6.45) is 0.0228. The Morgan fingerprint density at radius 1 is 1.20 bits per heavy atom. The Bertz CT molecular complexity index is 977. The fourth-order valence-electron chi connectivity index (χ4n) is 2.65. The average Bonchev–Trinajstić information content (AvgIpc) is 2.73. The molecular weight excluding hydrogens is 409 g/mol. The van der Waals surface area contributed by atoms with Gasteiger partial charge in [-0.05, 0) is 55.5 Å². The number of nitrogens with one attached hydrogen (secondary N) is 1. The average molecular weight is 429 g/mol. The molecule has 1 aliphatic heterocycles. The Morgan fingerprint density at radius 2 is 1.87 bits per heavy atom. The zero-order valence-corrected chi connectivity index (χ0v) is 17.2. The normalized spacial score (nSPS) is 17.7.